The standard InChI is InChI=1S/C22H24N4O2/c1-5-13-23-20(27)18-17-12-8-9-14-26(17)19(25-18)21(28)24-16-11-7-6-10-15(16)22(2,3)4/h5-12,14H,1,13H2,2-4H3,(H,23,27)(H,24,28). The Morgan fingerprint density at radius 2 is 1.82 bits per heavy atom. The Bertz CT molecular complexity index is 1040. The zero-order chi connectivity index (χ0) is 20.3. The van der Waals surface area contributed by atoms with Crippen LogP contribution in [0.1, 0.15) is 47.4 Å². The molecule has 0 bridgehead atoms. The Hall–Kier alpha value is -3.41. The van der Waals surface area contributed by atoms with Crippen molar-refractivity contribution in [2.75, 3.05) is 11.9 Å². The van der Waals surface area contributed by atoms with Crippen molar-refractivity contribution in [3.05, 3.63) is 78.4 Å². The van der Waals surface area contributed by atoms with E-state index in [4.69, 9.17) is 0 Å². The molecule has 3 rings (SSSR count). The number of pyridine rings is 1. The topological polar surface area (TPSA) is 75.5 Å². The predicted molar refractivity (Wildman–Crippen MR) is 111 cm³/mol. The highest BCUT2D eigenvalue weighted by atomic mass is 16.2. The van der Waals surface area contributed by atoms with E-state index in [1.54, 1.807) is 34.9 Å². The number of nitrogens with zero attached hydrogens (tertiary/aromatic N) is 2. The number of carbonyl (C=O) groups is 2. The normalized spacial score (nSPS) is 11.2. The van der Waals surface area contributed by atoms with Crippen LogP contribution in [-0.4, -0.2) is 27.7 Å². The third-order valence-corrected chi connectivity index (χ3v) is 4.36. The lowest BCUT2D eigenvalue weighted by molar-refractivity contribution is 0.0955. The summed E-state index contributed by atoms with van der Waals surface area (Å²) in [6.07, 6.45) is 3.31. The molecule has 1 aromatic carbocycles. The lowest BCUT2D eigenvalue weighted by atomic mass is 9.86. The molecule has 0 atom stereocenters. The van der Waals surface area contributed by atoms with Crippen molar-refractivity contribution in [3.63, 3.8) is 0 Å². The van der Waals surface area contributed by atoms with Crippen LogP contribution in [0.2, 0.25) is 0 Å². The second kappa shape index (κ2) is 7.68. The van der Waals surface area contributed by atoms with E-state index in [-0.39, 0.29) is 28.7 Å². The Morgan fingerprint density at radius 3 is 2.54 bits per heavy atom. The minimum absolute atomic E-state index is 0.131. The summed E-state index contributed by atoms with van der Waals surface area (Å²) in [6, 6.07) is 13.0. The van der Waals surface area contributed by atoms with Crippen LogP contribution in [0, 0.1) is 0 Å². The molecular weight excluding hydrogens is 352 g/mol. The van der Waals surface area contributed by atoms with Gasteiger partial charge in [-0.3, -0.25) is 14.0 Å². The van der Waals surface area contributed by atoms with Gasteiger partial charge in [-0.25, -0.2) is 4.98 Å². The molecule has 2 amide bonds. The summed E-state index contributed by atoms with van der Waals surface area (Å²) >= 11 is 0. The van der Waals surface area contributed by atoms with E-state index >= 15 is 0 Å². The van der Waals surface area contributed by atoms with Crippen molar-refractivity contribution in [1.82, 2.24) is 14.7 Å². The van der Waals surface area contributed by atoms with Crippen molar-refractivity contribution in [1.29, 1.82) is 0 Å². The highest BCUT2D eigenvalue weighted by molar-refractivity contribution is 6.06. The van der Waals surface area contributed by atoms with Crippen LogP contribution in [0.3, 0.4) is 0 Å². The number of para-hydroxylation sites is 1. The maximum atomic E-state index is 13.0. The van der Waals surface area contributed by atoms with Gasteiger partial charge in [-0.15, -0.1) is 6.58 Å². The van der Waals surface area contributed by atoms with Crippen molar-refractivity contribution in [3.8, 4) is 0 Å². The maximum Gasteiger partial charge on any atom is 0.292 e. The van der Waals surface area contributed by atoms with Crippen LogP contribution in [-0.2, 0) is 5.41 Å². The molecule has 0 spiro atoms. The summed E-state index contributed by atoms with van der Waals surface area (Å²) in [5.74, 6) is -0.568. The second-order valence-corrected chi connectivity index (χ2v) is 7.49. The fourth-order valence-corrected chi connectivity index (χ4v) is 3.04. The molecule has 0 radical (unpaired) electrons. The summed E-state index contributed by atoms with van der Waals surface area (Å²) in [4.78, 5) is 29.8. The molecule has 2 aromatic heterocycles. The van der Waals surface area contributed by atoms with Gasteiger partial charge in [-0.05, 0) is 29.2 Å². The van der Waals surface area contributed by atoms with Crippen molar-refractivity contribution in [2.45, 2.75) is 26.2 Å². The van der Waals surface area contributed by atoms with Crippen LogP contribution >= 0.6 is 0 Å². The van der Waals surface area contributed by atoms with Gasteiger partial charge in [0.05, 0.1) is 5.52 Å². The lowest BCUT2D eigenvalue weighted by Gasteiger charge is -2.22. The van der Waals surface area contributed by atoms with E-state index in [1.165, 1.54) is 0 Å². The number of imidazole rings is 1. The number of amides is 2. The molecule has 6 nitrogen and oxygen atoms in total. The van der Waals surface area contributed by atoms with E-state index in [0.717, 1.165) is 11.3 Å². The summed E-state index contributed by atoms with van der Waals surface area (Å²) in [5, 5.41) is 5.66. The Labute approximate surface area is 164 Å². The molecule has 0 unspecified atom stereocenters. The van der Waals surface area contributed by atoms with Gasteiger partial charge in [0.15, 0.2) is 5.69 Å². The van der Waals surface area contributed by atoms with Gasteiger partial charge in [0.1, 0.15) is 0 Å². The van der Waals surface area contributed by atoms with E-state index in [2.05, 4.69) is 43.0 Å². The van der Waals surface area contributed by atoms with E-state index in [1.807, 2.05) is 24.3 Å². The molecule has 0 aliphatic rings. The Morgan fingerprint density at radius 1 is 1.11 bits per heavy atom. The number of carbonyl (C=O) groups excluding carboxylic acids is 2. The average Bonchev–Trinajstić information content (AvgIpc) is 3.05. The molecule has 2 N–H and O–H groups in total. The fourth-order valence-electron chi connectivity index (χ4n) is 3.04. The number of rotatable bonds is 5. The molecule has 3 aromatic rings. The number of anilines is 1. The minimum atomic E-state index is -0.374. The SMILES string of the molecule is C=CCNC(=O)c1nc(C(=O)Nc2ccccc2C(C)(C)C)n2ccccc12. The van der Waals surface area contributed by atoms with Crippen molar-refractivity contribution >= 4 is 23.0 Å². The molecule has 28 heavy (non-hydrogen) atoms. The molecule has 0 fully saturated rings. The zero-order valence-corrected chi connectivity index (χ0v) is 16.3. The quantitative estimate of drug-likeness (QED) is 0.665. The largest absolute Gasteiger partial charge is 0.347 e. The third-order valence-electron chi connectivity index (χ3n) is 4.36. The molecule has 0 aliphatic carbocycles. The average molecular weight is 376 g/mol. The number of nitrogens with one attached hydrogen (secondary N) is 2. The van der Waals surface area contributed by atoms with Crippen molar-refractivity contribution < 1.29 is 9.59 Å². The maximum absolute atomic E-state index is 13.0. The number of hydrogen-bond donors (Lipinski definition) is 2. The summed E-state index contributed by atoms with van der Waals surface area (Å²) in [5.41, 5.74) is 2.39. The van der Waals surface area contributed by atoms with Gasteiger partial charge in [0, 0.05) is 18.4 Å². The van der Waals surface area contributed by atoms with Crippen molar-refractivity contribution in [2.24, 2.45) is 0 Å². The predicted octanol–water partition coefficient (Wildman–Crippen LogP) is 3.80. The minimum Gasteiger partial charge on any atom is -0.347 e. The van der Waals surface area contributed by atoms with Crippen LogP contribution in [0.25, 0.3) is 5.52 Å². The van der Waals surface area contributed by atoms with Crippen LogP contribution in [0.15, 0.2) is 61.3 Å². The lowest BCUT2D eigenvalue weighted by Crippen LogP contribution is -2.24. The van der Waals surface area contributed by atoms with E-state index in [9.17, 15) is 9.59 Å². The molecule has 0 saturated carbocycles. The highest BCUT2D eigenvalue weighted by Crippen LogP contribution is 2.29. The third kappa shape index (κ3) is 3.81. The van der Waals surface area contributed by atoms with Gasteiger partial charge < -0.3 is 10.6 Å². The van der Waals surface area contributed by atoms with Crippen LogP contribution < -0.4 is 10.6 Å². The fraction of sp³-hybridized carbons (Fsp3) is 0.227. The first-order valence-electron chi connectivity index (χ1n) is 9.10. The number of hydrogen-bond acceptors (Lipinski definition) is 3. The molecule has 0 saturated heterocycles. The Balaban J connectivity index is 2.00. The summed E-state index contributed by atoms with van der Waals surface area (Å²) < 4.78 is 1.62. The molecule has 144 valence electrons. The van der Waals surface area contributed by atoms with E-state index < -0.39 is 0 Å². The van der Waals surface area contributed by atoms with Gasteiger partial charge in [0.2, 0.25) is 5.82 Å². The highest BCUT2D eigenvalue weighted by Gasteiger charge is 2.23. The Kier molecular flexibility index (Phi) is 5.31. The van der Waals surface area contributed by atoms with Gasteiger partial charge >= 0.3 is 0 Å². The molecular formula is C22H24N4O2. The van der Waals surface area contributed by atoms with Crippen LogP contribution in [0.4, 0.5) is 5.69 Å². The zero-order valence-electron chi connectivity index (χ0n) is 16.3. The number of fused-ring (bicyclic) bond motifs is 1. The number of aromatic nitrogens is 2. The smallest absolute Gasteiger partial charge is 0.292 e. The monoisotopic (exact) mass is 376 g/mol. The van der Waals surface area contributed by atoms with Gasteiger partial charge in [-0.1, -0.05) is 51.1 Å². The molecule has 6 heteroatoms. The number of benzene rings is 1. The van der Waals surface area contributed by atoms with Crippen LogP contribution in [0.5, 0.6) is 0 Å². The molecule has 2 heterocycles. The first-order valence-corrected chi connectivity index (χ1v) is 9.10. The summed E-state index contributed by atoms with van der Waals surface area (Å²) in [7, 11) is 0. The van der Waals surface area contributed by atoms with Gasteiger partial charge in [-0.2, -0.15) is 0 Å². The first-order chi connectivity index (χ1) is 13.3. The van der Waals surface area contributed by atoms with Gasteiger partial charge in [0.25, 0.3) is 11.8 Å². The summed E-state index contributed by atoms with van der Waals surface area (Å²) in [6.45, 7) is 10.2. The van der Waals surface area contributed by atoms with E-state index in [0.29, 0.717) is 12.1 Å². The first kappa shape index (κ1) is 19.4. The molecule has 0 aliphatic heterocycles. The second-order valence-electron chi connectivity index (χ2n) is 7.49.